The first-order valence-electron chi connectivity index (χ1n) is 5.43. The minimum absolute atomic E-state index is 0.0149. The van der Waals surface area contributed by atoms with Gasteiger partial charge in [0.25, 0.3) is 0 Å². The van der Waals surface area contributed by atoms with E-state index in [1.54, 1.807) is 12.4 Å². The SMILES string of the molecule is O=C(CSCc1ccccn1)NCc1cn[nH]n1. The summed E-state index contributed by atoms with van der Waals surface area (Å²) in [5.74, 6) is 1.13. The van der Waals surface area contributed by atoms with E-state index >= 15 is 0 Å². The van der Waals surface area contributed by atoms with Crippen LogP contribution in [0, 0.1) is 0 Å². The number of pyridine rings is 1. The molecule has 0 unspecified atom stereocenters. The molecule has 0 bridgehead atoms. The molecule has 0 aliphatic rings. The van der Waals surface area contributed by atoms with Crippen molar-refractivity contribution in [3.63, 3.8) is 0 Å². The largest absolute Gasteiger partial charge is 0.350 e. The number of nitrogens with zero attached hydrogens (tertiary/aromatic N) is 3. The Morgan fingerprint density at radius 2 is 2.33 bits per heavy atom. The van der Waals surface area contributed by atoms with Crippen LogP contribution in [0.5, 0.6) is 0 Å². The molecule has 0 spiro atoms. The molecule has 2 heterocycles. The Balaban J connectivity index is 1.63. The van der Waals surface area contributed by atoms with Crippen LogP contribution in [-0.2, 0) is 17.1 Å². The summed E-state index contributed by atoms with van der Waals surface area (Å²) in [6, 6.07) is 5.76. The zero-order chi connectivity index (χ0) is 12.6. The van der Waals surface area contributed by atoms with Gasteiger partial charge in [0.2, 0.25) is 5.91 Å². The molecule has 2 aromatic heterocycles. The van der Waals surface area contributed by atoms with Gasteiger partial charge in [-0.25, -0.2) is 0 Å². The van der Waals surface area contributed by atoms with Crippen molar-refractivity contribution in [2.45, 2.75) is 12.3 Å². The molecule has 2 N–H and O–H groups in total. The maximum absolute atomic E-state index is 11.5. The lowest BCUT2D eigenvalue weighted by Crippen LogP contribution is -2.24. The van der Waals surface area contributed by atoms with Crippen molar-refractivity contribution in [2.24, 2.45) is 0 Å². The fraction of sp³-hybridized carbons (Fsp3) is 0.273. The number of nitrogens with one attached hydrogen (secondary N) is 2. The summed E-state index contributed by atoms with van der Waals surface area (Å²) in [7, 11) is 0. The molecule has 94 valence electrons. The molecule has 0 radical (unpaired) electrons. The van der Waals surface area contributed by atoms with Crippen LogP contribution < -0.4 is 5.32 Å². The van der Waals surface area contributed by atoms with Crippen molar-refractivity contribution in [3.8, 4) is 0 Å². The highest BCUT2D eigenvalue weighted by atomic mass is 32.2. The Morgan fingerprint density at radius 1 is 1.39 bits per heavy atom. The van der Waals surface area contributed by atoms with Crippen molar-refractivity contribution in [2.75, 3.05) is 5.75 Å². The number of amides is 1. The highest BCUT2D eigenvalue weighted by Crippen LogP contribution is 2.08. The van der Waals surface area contributed by atoms with Crippen LogP contribution in [0.3, 0.4) is 0 Å². The normalized spacial score (nSPS) is 10.2. The molecule has 7 heteroatoms. The van der Waals surface area contributed by atoms with E-state index in [0.717, 1.165) is 17.1 Å². The summed E-state index contributed by atoms with van der Waals surface area (Å²) in [6.07, 6.45) is 3.34. The second-order valence-corrected chi connectivity index (χ2v) is 4.54. The third-order valence-electron chi connectivity index (χ3n) is 2.14. The van der Waals surface area contributed by atoms with Crippen LogP contribution in [0.15, 0.2) is 30.6 Å². The Morgan fingerprint density at radius 3 is 3.06 bits per heavy atom. The highest BCUT2D eigenvalue weighted by molar-refractivity contribution is 7.99. The van der Waals surface area contributed by atoms with Gasteiger partial charge < -0.3 is 5.32 Å². The molecule has 0 saturated carbocycles. The van der Waals surface area contributed by atoms with Crippen LogP contribution >= 0.6 is 11.8 Å². The van der Waals surface area contributed by atoms with Crippen molar-refractivity contribution in [1.82, 2.24) is 25.7 Å². The van der Waals surface area contributed by atoms with Gasteiger partial charge >= 0.3 is 0 Å². The Hall–Kier alpha value is -1.89. The monoisotopic (exact) mass is 263 g/mol. The lowest BCUT2D eigenvalue weighted by molar-refractivity contribution is -0.118. The summed E-state index contributed by atoms with van der Waals surface area (Å²) in [5, 5.41) is 12.8. The number of carbonyl (C=O) groups excluding carboxylic acids is 1. The first-order valence-corrected chi connectivity index (χ1v) is 6.59. The molecule has 0 fully saturated rings. The standard InChI is InChI=1S/C11H13N5OS/c17-11(13-5-10-6-14-16-15-10)8-18-7-9-3-1-2-4-12-9/h1-4,6H,5,7-8H2,(H,13,17)(H,14,15,16). The number of H-pyrrole nitrogens is 1. The number of rotatable bonds is 6. The van der Waals surface area contributed by atoms with E-state index in [1.807, 2.05) is 18.2 Å². The topological polar surface area (TPSA) is 83.6 Å². The third-order valence-corrected chi connectivity index (χ3v) is 3.11. The molecule has 0 atom stereocenters. The van der Waals surface area contributed by atoms with E-state index in [-0.39, 0.29) is 5.91 Å². The zero-order valence-corrected chi connectivity index (χ0v) is 10.5. The first-order chi connectivity index (χ1) is 8.84. The zero-order valence-electron chi connectivity index (χ0n) is 9.67. The number of aromatic amines is 1. The van der Waals surface area contributed by atoms with Crippen LogP contribution in [0.25, 0.3) is 0 Å². The van der Waals surface area contributed by atoms with Gasteiger partial charge in [0.15, 0.2) is 0 Å². The second kappa shape index (κ2) is 6.75. The maximum atomic E-state index is 11.5. The third kappa shape index (κ3) is 4.17. The van der Waals surface area contributed by atoms with Gasteiger partial charge in [-0.05, 0) is 12.1 Å². The molecule has 2 aromatic rings. The fourth-order valence-electron chi connectivity index (χ4n) is 1.28. The Labute approximate surface area is 109 Å². The summed E-state index contributed by atoms with van der Waals surface area (Å²) >= 11 is 1.53. The van der Waals surface area contributed by atoms with Crippen LogP contribution in [0.1, 0.15) is 11.4 Å². The number of hydrogen-bond donors (Lipinski definition) is 2. The first kappa shape index (κ1) is 12.6. The van der Waals surface area contributed by atoms with Gasteiger partial charge in [0.05, 0.1) is 24.2 Å². The minimum Gasteiger partial charge on any atom is -0.350 e. The highest BCUT2D eigenvalue weighted by Gasteiger charge is 2.03. The number of thioether (sulfide) groups is 1. The van der Waals surface area contributed by atoms with Gasteiger partial charge in [-0.1, -0.05) is 6.07 Å². The molecule has 6 nitrogen and oxygen atoms in total. The van der Waals surface area contributed by atoms with Crippen molar-refractivity contribution >= 4 is 17.7 Å². The van der Waals surface area contributed by atoms with Crippen LogP contribution in [-0.4, -0.2) is 32.1 Å². The molecular formula is C11H13N5OS. The van der Waals surface area contributed by atoms with Crippen molar-refractivity contribution in [3.05, 3.63) is 42.0 Å². The predicted octanol–water partition coefficient (Wildman–Crippen LogP) is 0.749. The summed E-state index contributed by atoms with van der Waals surface area (Å²) in [4.78, 5) is 15.7. The average molecular weight is 263 g/mol. The van der Waals surface area contributed by atoms with Gasteiger partial charge in [0, 0.05) is 11.9 Å². The lowest BCUT2D eigenvalue weighted by Gasteiger charge is -2.02. The van der Waals surface area contributed by atoms with Gasteiger partial charge in [-0.2, -0.15) is 15.4 Å². The van der Waals surface area contributed by atoms with Crippen molar-refractivity contribution in [1.29, 1.82) is 0 Å². The molecule has 0 aliphatic heterocycles. The summed E-state index contributed by atoms with van der Waals surface area (Å²) < 4.78 is 0. The summed E-state index contributed by atoms with van der Waals surface area (Å²) in [6.45, 7) is 0.402. The maximum Gasteiger partial charge on any atom is 0.230 e. The quantitative estimate of drug-likeness (QED) is 0.803. The second-order valence-electron chi connectivity index (χ2n) is 3.55. The van der Waals surface area contributed by atoms with Crippen molar-refractivity contribution < 1.29 is 4.79 Å². The molecule has 0 aromatic carbocycles. The van der Waals surface area contributed by atoms with E-state index in [1.165, 1.54) is 11.8 Å². The van der Waals surface area contributed by atoms with Gasteiger partial charge in [-0.15, -0.1) is 11.8 Å². The Bertz CT molecular complexity index is 473. The smallest absolute Gasteiger partial charge is 0.230 e. The lowest BCUT2D eigenvalue weighted by atomic mass is 10.4. The molecular weight excluding hydrogens is 250 g/mol. The molecule has 1 amide bonds. The van der Waals surface area contributed by atoms with Crippen LogP contribution in [0.2, 0.25) is 0 Å². The summed E-state index contributed by atoms with van der Waals surface area (Å²) in [5.41, 5.74) is 1.70. The van der Waals surface area contributed by atoms with E-state index in [2.05, 4.69) is 25.7 Å². The predicted molar refractivity (Wildman–Crippen MR) is 68.6 cm³/mol. The minimum atomic E-state index is -0.0149. The average Bonchev–Trinajstić information content (AvgIpc) is 2.91. The number of carbonyl (C=O) groups is 1. The Kier molecular flexibility index (Phi) is 4.71. The van der Waals surface area contributed by atoms with E-state index in [9.17, 15) is 4.79 Å². The van der Waals surface area contributed by atoms with Gasteiger partial charge in [-0.3, -0.25) is 9.78 Å². The van der Waals surface area contributed by atoms with Crippen LogP contribution in [0.4, 0.5) is 0 Å². The van der Waals surface area contributed by atoms with Gasteiger partial charge in [0.1, 0.15) is 5.69 Å². The van der Waals surface area contributed by atoms with E-state index < -0.39 is 0 Å². The van der Waals surface area contributed by atoms with E-state index in [0.29, 0.717) is 12.3 Å². The molecule has 2 rings (SSSR count). The molecule has 0 aliphatic carbocycles. The molecule has 18 heavy (non-hydrogen) atoms. The fourth-order valence-corrected chi connectivity index (χ4v) is 2.05. The van der Waals surface area contributed by atoms with E-state index in [4.69, 9.17) is 0 Å². The molecule has 0 saturated heterocycles. The number of aromatic nitrogens is 4. The number of hydrogen-bond acceptors (Lipinski definition) is 5.